The number of aryl methyl sites for hydroxylation is 1. The van der Waals surface area contributed by atoms with Crippen LogP contribution in [0.25, 0.3) is 12.2 Å². The normalized spacial score (nSPS) is 22.4. The van der Waals surface area contributed by atoms with Gasteiger partial charge in [0.05, 0.1) is 0 Å². The standard InChI is InChI=1S/C16H14P.C10H9.Ti/c1-12-6-2-5-9-15(12)17-16-11-10-13-7-3-4-8-14(13)16;1-8-6-9-4-2-3-5-10(9)7-8;/h2-11,17H,1H3;2-7H,1H3;. The first kappa shape index (κ1) is 18.3. The summed E-state index contributed by atoms with van der Waals surface area (Å²) in [6.45, 7) is 4.60. The SMILES string of the molecule is CC1=Cc2ccccc2[CH]1[Ti][C]1(Pc2ccccc2C)C=Cc2ccccc21. The Labute approximate surface area is 178 Å². The molecular weight excluding hydrogens is 391 g/mol. The Morgan fingerprint density at radius 3 is 2.39 bits per heavy atom. The second-order valence-electron chi connectivity index (χ2n) is 7.76. The Morgan fingerprint density at radius 2 is 1.54 bits per heavy atom. The molecule has 0 N–H and O–H groups in total. The summed E-state index contributed by atoms with van der Waals surface area (Å²) in [5, 5.41) is 1.51. The molecule has 3 aromatic rings. The molecule has 3 aromatic carbocycles. The molecule has 5 rings (SSSR count). The molecule has 0 saturated heterocycles. The zero-order chi connectivity index (χ0) is 19.1. The quantitative estimate of drug-likeness (QED) is 0.341. The fraction of sp³-hybridized carbons (Fsp3) is 0.154. The molecule has 0 amide bonds. The molecule has 0 heterocycles. The van der Waals surface area contributed by atoms with Crippen LogP contribution in [-0.2, 0) is 22.6 Å². The first-order valence-corrected chi connectivity index (χ1v) is 12.5. The van der Waals surface area contributed by atoms with Crippen molar-refractivity contribution in [1.82, 2.24) is 0 Å². The summed E-state index contributed by atoms with van der Waals surface area (Å²) in [5.74, 6) is 0. The summed E-state index contributed by atoms with van der Waals surface area (Å²) in [4.78, 5) is 0. The Kier molecular flexibility index (Phi) is 4.76. The first-order chi connectivity index (χ1) is 13.7. The molecule has 0 nitrogen and oxygen atoms in total. The van der Waals surface area contributed by atoms with Crippen LogP contribution >= 0.6 is 8.58 Å². The number of allylic oxidation sites excluding steroid dienone is 2. The van der Waals surface area contributed by atoms with Gasteiger partial charge in [0.15, 0.2) is 0 Å². The van der Waals surface area contributed by atoms with Crippen LogP contribution in [0.2, 0.25) is 0 Å². The average Bonchev–Trinajstić information content (AvgIpc) is 3.23. The third-order valence-corrected chi connectivity index (χ3v) is 11.8. The number of rotatable bonds is 4. The van der Waals surface area contributed by atoms with Gasteiger partial charge >= 0.3 is 179 Å². The molecular formula is C26H23PTi. The maximum absolute atomic E-state index is 2.55. The monoisotopic (exact) mass is 414 g/mol. The molecule has 3 atom stereocenters. The third-order valence-electron chi connectivity index (χ3n) is 5.89. The predicted octanol–water partition coefficient (Wildman–Crippen LogP) is 6.42. The molecule has 0 radical (unpaired) electrons. The average molecular weight is 414 g/mol. The van der Waals surface area contributed by atoms with Crippen LogP contribution < -0.4 is 5.30 Å². The summed E-state index contributed by atoms with van der Waals surface area (Å²) < 4.78 is 0.809. The van der Waals surface area contributed by atoms with E-state index in [4.69, 9.17) is 0 Å². The first-order valence-electron chi connectivity index (χ1n) is 9.84. The minimum atomic E-state index is -0.346. The summed E-state index contributed by atoms with van der Waals surface area (Å²) in [5.41, 5.74) is 8.91. The van der Waals surface area contributed by atoms with Gasteiger partial charge in [0.25, 0.3) is 0 Å². The van der Waals surface area contributed by atoms with Crippen LogP contribution in [0.3, 0.4) is 0 Å². The molecule has 0 aromatic heterocycles. The topological polar surface area (TPSA) is 0 Å². The van der Waals surface area contributed by atoms with Gasteiger partial charge in [-0.1, -0.05) is 0 Å². The van der Waals surface area contributed by atoms with Crippen molar-refractivity contribution in [1.29, 1.82) is 0 Å². The van der Waals surface area contributed by atoms with Crippen molar-refractivity contribution < 1.29 is 19.2 Å². The summed E-state index contributed by atoms with van der Waals surface area (Å²) in [6, 6.07) is 27.0. The molecule has 0 spiro atoms. The Balaban J connectivity index is 1.60. The van der Waals surface area contributed by atoms with Gasteiger partial charge in [0.2, 0.25) is 0 Å². The molecule has 2 aliphatic carbocycles. The Bertz CT molecular complexity index is 1110. The van der Waals surface area contributed by atoms with Gasteiger partial charge in [-0.2, -0.15) is 0 Å². The van der Waals surface area contributed by atoms with Gasteiger partial charge in [-0.15, -0.1) is 0 Å². The van der Waals surface area contributed by atoms with Crippen LogP contribution in [0.15, 0.2) is 84.4 Å². The van der Waals surface area contributed by atoms with Crippen LogP contribution in [0, 0.1) is 6.92 Å². The van der Waals surface area contributed by atoms with Gasteiger partial charge < -0.3 is 0 Å². The third kappa shape index (κ3) is 3.09. The molecule has 2 heteroatoms. The molecule has 0 fully saturated rings. The van der Waals surface area contributed by atoms with Gasteiger partial charge in [-0.25, -0.2) is 0 Å². The molecule has 0 aliphatic heterocycles. The van der Waals surface area contributed by atoms with E-state index in [1.165, 1.54) is 22.0 Å². The van der Waals surface area contributed by atoms with Gasteiger partial charge in [0, 0.05) is 0 Å². The van der Waals surface area contributed by atoms with Crippen molar-refractivity contribution in [2.75, 3.05) is 0 Å². The van der Waals surface area contributed by atoms with Crippen LogP contribution in [0.1, 0.15) is 39.0 Å². The van der Waals surface area contributed by atoms with Crippen molar-refractivity contribution in [3.8, 4) is 0 Å². The minimum absolute atomic E-state index is 0.194. The van der Waals surface area contributed by atoms with E-state index in [9.17, 15) is 0 Å². The number of hydrogen-bond acceptors (Lipinski definition) is 0. The summed E-state index contributed by atoms with van der Waals surface area (Å²) >= 11 is -0.346. The molecule has 136 valence electrons. The molecule has 28 heavy (non-hydrogen) atoms. The van der Waals surface area contributed by atoms with Gasteiger partial charge in [0.1, 0.15) is 0 Å². The molecule has 2 aliphatic rings. The number of fused-ring (bicyclic) bond motifs is 2. The maximum atomic E-state index is 2.55. The molecule has 3 unspecified atom stereocenters. The number of benzene rings is 3. The van der Waals surface area contributed by atoms with Crippen molar-refractivity contribution in [2.24, 2.45) is 0 Å². The second-order valence-corrected chi connectivity index (χ2v) is 12.7. The van der Waals surface area contributed by atoms with Crippen LogP contribution in [0.4, 0.5) is 0 Å². The van der Waals surface area contributed by atoms with E-state index in [-0.39, 0.29) is 22.6 Å². The van der Waals surface area contributed by atoms with Crippen molar-refractivity contribution >= 4 is 26.0 Å². The van der Waals surface area contributed by atoms with E-state index in [1.807, 2.05) is 0 Å². The van der Waals surface area contributed by atoms with Crippen molar-refractivity contribution in [3.63, 3.8) is 0 Å². The summed E-state index contributed by atoms with van der Waals surface area (Å²) in [6.07, 6.45) is 7.35. The van der Waals surface area contributed by atoms with Gasteiger partial charge in [-0.3, -0.25) is 0 Å². The van der Waals surface area contributed by atoms with Crippen LogP contribution in [-0.4, -0.2) is 0 Å². The second kappa shape index (κ2) is 7.27. The zero-order valence-corrected chi connectivity index (χ0v) is 18.8. The Hall–Kier alpha value is -1.72. The fourth-order valence-corrected chi connectivity index (χ4v) is 10.2. The van der Waals surface area contributed by atoms with Crippen molar-refractivity contribution in [2.45, 2.75) is 21.5 Å². The van der Waals surface area contributed by atoms with Crippen LogP contribution in [0.5, 0.6) is 0 Å². The number of hydrogen-bond donors (Lipinski definition) is 0. The molecule has 0 saturated carbocycles. The fourth-order valence-electron chi connectivity index (χ4n) is 4.40. The van der Waals surface area contributed by atoms with E-state index < -0.39 is 0 Å². The van der Waals surface area contributed by atoms with E-state index in [0.717, 1.165) is 8.58 Å². The predicted molar refractivity (Wildman–Crippen MR) is 119 cm³/mol. The van der Waals surface area contributed by atoms with Gasteiger partial charge in [-0.05, 0) is 0 Å². The Morgan fingerprint density at radius 1 is 0.821 bits per heavy atom. The van der Waals surface area contributed by atoms with E-state index in [0.29, 0.717) is 4.22 Å². The van der Waals surface area contributed by atoms with E-state index in [2.05, 4.69) is 105 Å². The zero-order valence-electron chi connectivity index (χ0n) is 16.2. The van der Waals surface area contributed by atoms with E-state index >= 15 is 0 Å². The van der Waals surface area contributed by atoms with E-state index in [1.54, 1.807) is 16.7 Å². The molecule has 0 bridgehead atoms. The summed E-state index contributed by atoms with van der Waals surface area (Å²) in [7, 11) is 0.789. The van der Waals surface area contributed by atoms with Crippen molar-refractivity contribution in [3.05, 3.63) is 112 Å².